The van der Waals surface area contributed by atoms with E-state index in [4.69, 9.17) is 4.74 Å². The fraction of sp³-hybridized carbons (Fsp3) is 0.647. The number of rotatable bonds is 6. The second-order valence-corrected chi connectivity index (χ2v) is 6.38. The van der Waals surface area contributed by atoms with Gasteiger partial charge in [-0.3, -0.25) is 0 Å². The van der Waals surface area contributed by atoms with Crippen molar-refractivity contribution in [1.82, 2.24) is 5.32 Å². The summed E-state index contributed by atoms with van der Waals surface area (Å²) in [5.74, 6) is 0.901. The molecule has 0 amide bonds. The van der Waals surface area contributed by atoms with E-state index in [0.717, 1.165) is 18.6 Å². The van der Waals surface area contributed by atoms with E-state index >= 15 is 0 Å². The summed E-state index contributed by atoms with van der Waals surface area (Å²) in [6.07, 6.45) is 4.51. The molecule has 112 valence electrons. The smallest absolute Gasteiger partial charge is 0.118 e. The predicted molar refractivity (Wildman–Crippen MR) is 82.1 cm³/mol. The fourth-order valence-electron chi connectivity index (χ4n) is 3.22. The zero-order valence-electron chi connectivity index (χ0n) is 12.9. The van der Waals surface area contributed by atoms with Crippen LogP contribution in [0.15, 0.2) is 24.3 Å². The molecule has 0 aliphatic heterocycles. The van der Waals surface area contributed by atoms with E-state index in [1.54, 1.807) is 7.11 Å². The van der Waals surface area contributed by atoms with E-state index in [2.05, 4.69) is 31.3 Å². The number of hydrogen-bond acceptors (Lipinski definition) is 3. The van der Waals surface area contributed by atoms with Gasteiger partial charge in [-0.05, 0) is 43.9 Å². The van der Waals surface area contributed by atoms with Crippen LogP contribution < -0.4 is 10.1 Å². The van der Waals surface area contributed by atoms with Crippen molar-refractivity contribution in [2.24, 2.45) is 5.41 Å². The second-order valence-electron chi connectivity index (χ2n) is 6.38. The summed E-state index contributed by atoms with van der Waals surface area (Å²) in [5, 5.41) is 13.3. The quantitative estimate of drug-likeness (QED) is 0.840. The van der Waals surface area contributed by atoms with Gasteiger partial charge in [-0.2, -0.15) is 0 Å². The first kappa shape index (κ1) is 15.3. The van der Waals surface area contributed by atoms with Gasteiger partial charge in [0.25, 0.3) is 0 Å². The van der Waals surface area contributed by atoms with Crippen molar-refractivity contribution in [3.8, 4) is 5.75 Å². The zero-order chi connectivity index (χ0) is 14.6. The van der Waals surface area contributed by atoms with Crippen LogP contribution in [0.1, 0.15) is 38.7 Å². The molecule has 1 aromatic rings. The van der Waals surface area contributed by atoms with Crippen LogP contribution in [0.2, 0.25) is 0 Å². The number of ether oxygens (including phenoxy) is 1. The molecular formula is C17H27NO2. The minimum Gasteiger partial charge on any atom is -0.497 e. The van der Waals surface area contributed by atoms with Gasteiger partial charge in [-0.1, -0.05) is 25.5 Å². The molecule has 1 saturated carbocycles. The number of nitrogens with one attached hydrogen (secondary N) is 1. The van der Waals surface area contributed by atoms with Crippen molar-refractivity contribution >= 4 is 0 Å². The number of aliphatic hydroxyl groups excluding tert-OH is 1. The largest absolute Gasteiger partial charge is 0.497 e. The summed E-state index contributed by atoms with van der Waals surface area (Å²) >= 11 is 0. The van der Waals surface area contributed by atoms with Crippen LogP contribution in [-0.2, 0) is 6.42 Å². The molecule has 3 nitrogen and oxygen atoms in total. The zero-order valence-corrected chi connectivity index (χ0v) is 12.9. The molecule has 3 heteroatoms. The summed E-state index contributed by atoms with van der Waals surface area (Å²) < 4.78 is 5.18. The maximum absolute atomic E-state index is 9.60. The molecule has 3 unspecified atom stereocenters. The van der Waals surface area contributed by atoms with Crippen LogP contribution in [0, 0.1) is 5.41 Å². The van der Waals surface area contributed by atoms with E-state index in [1.165, 1.54) is 18.4 Å². The second kappa shape index (κ2) is 6.59. The highest BCUT2D eigenvalue weighted by Gasteiger charge is 2.38. The topological polar surface area (TPSA) is 41.5 Å². The average molecular weight is 277 g/mol. The maximum Gasteiger partial charge on any atom is 0.118 e. The Hall–Kier alpha value is -1.06. The predicted octanol–water partition coefficient (Wildman–Crippen LogP) is 2.77. The molecule has 0 spiro atoms. The highest BCUT2D eigenvalue weighted by molar-refractivity contribution is 5.27. The Bertz CT molecular complexity index is 418. The van der Waals surface area contributed by atoms with Gasteiger partial charge >= 0.3 is 0 Å². The summed E-state index contributed by atoms with van der Waals surface area (Å²) in [5.41, 5.74) is 1.36. The molecule has 1 aliphatic carbocycles. The van der Waals surface area contributed by atoms with E-state index in [0.29, 0.717) is 12.1 Å². The maximum atomic E-state index is 9.60. The van der Waals surface area contributed by atoms with Crippen molar-refractivity contribution < 1.29 is 9.84 Å². The Balaban J connectivity index is 1.90. The molecule has 2 rings (SSSR count). The normalized spacial score (nSPS) is 27.5. The Morgan fingerprint density at radius 3 is 2.70 bits per heavy atom. The molecule has 1 aromatic carbocycles. The summed E-state index contributed by atoms with van der Waals surface area (Å²) in [7, 11) is 1.69. The average Bonchev–Trinajstić information content (AvgIpc) is 2.81. The highest BCUT2D eigenvalue weighted by Crippen LogP contribution is 2.37. The first-order valence-corrected chi connectivity index (χ1v) is 7.57. The monoisotopic (exact) mass is 277 g/mol. The fourth-order valence-corrected chi connectivity index (χ4v) is 3.22. The molecular weight excluding hydrogens is 250 g/mol. The van der Waals surface area contributed by atoms with Crippen molar-refractivity contribution in [2.75, 3.05) is 13.7 Å². The van der Waals surface area contributed by atoms with Gasteiger partial charge in [0.05, 0.1) is 7.11 Å². The van der Waals surface area contributed by atoms with Crippen LogP contribution in [-0.4, -0.2) is 30.9 Å². The van der Waals surface area contributed by atoms with Crippen molar-refractivity contribution in [2.45, 2.75) is 51.6 Å². The number of methoxy groups -OCH3 is 1. The van der Waals surface area contributed by atoms with Gasteiger partial charge in [0.15, 0.2) is 0 Å². The molecule has 1 aliphatic rings. The number of hydrogen-bond donors (Lipinski definition) is 2. The standard InChI is InChI=1S/C17H27NO2/c1-13(11-14-6-8-15(20-3)9-7-14)18-16-5-4-10-17(16,2)12-19/h6-9,13,16,18-19H,4-5,10-12H2,1-3H3. The Labute approximate surface area is 122 Å². The van der Waals surface area contributed by atoms with Crippen LogP contribution in [0.5, 0.6) is 5.75 Å². The SMILES string of the molecule is COc1ccc(CC(C)NC2CCCC2(C)CO)cc1. The molecule has 0 saturated heterocycles. The molecule has 3 atom stereocenters. The van der Waals surface area contributed by atoms with Gasteiger partial charge in [0.2, 0.25) is 0 Å². The third kappa shape index (κ3) is 3.53. The van der Waals surface area contributed by atoms with Gasteiger partial charge in [-0.25, -0.2) is 0 Å². The lowest BCUT2D eigenvalue weighted by atomic mass is 9.85. The third-order valence-electron chi connectivity index (χ3n) is 4.63. The van der Waals surface area contributed by atoms with Gasteiger partial charge < -0.3 is 15.2 Å². The van der Waals surface area contributed by atoms with E-state index in [1.807, 2.05) is 12.1 Å². The number of aliphatic hydroxyl groups is 1. The van der Waals surface area contributed by atoms with Crippen molar-refractivity contribution in [3.63, 3.8) is 0 Å². The van der Waals surface area contributed by atoms with E-state index < -0.39 is 0 Å². The summed E-state index contributed by atoms with van der Waals surface area (Å²) in [4.78, 5) is 0. The van der Waals surface area contributed by atoms with Crippen LogP contribution in [0.25, 0.3) is 0 Å². The molecule has 0 aromatic heterocycles. The van der Waals surface area contributed by atoms with Gasteiger partial charge in [0, 0.05) is 24.1 Å². The van der Waals surface area contributed by atoms with Crippen LogP contribution >= 0.6 is 0 Å². The lowest BCUT2D eigenvalue weighted by Gasteiger charge is -2.32. The Kier molecular flexibility index (Phi) is 5.06. The molecule has 0 radical (unpaired) electrons. The minimum atomic E-state index is 0.0498. The van der Waals surface area contributed by atoms with Gasteiger partial charge in [-0.15, -0.1) is 0 Å². The minimum absolute atomic E-state index is 0.0498. The van der Waals surface area contributed by atoms with Crippen molar-refractivity contribution in [1.29, 1.82) is 0 Å². The Morgan fingerprint density at radius 2 is 2.10 bits per heavy atom. The summed E-state index contributed by atoms with van der Waals surface area (Å²) in [6.45, 7) is 4.69. The van der Waals surface area contributed by atoms with E-state index in [-0.39, 0.29) is 12.0 Å². The first-order valence-electron chi connectivity index (χ1n) is 7.57. The summed E-state index contributed by atoms with van der Waals surface area (Å²) in [6, 6.07) is 9.11. The number of benzene rings is 1. The Morgan fingerprint density at radius 1 is 1.40 bits per heavy atom. The molecule has 0 heterocycles. The molecule has 1 fully saturated rings. The van der Waals surface area contributed by atoms with Crippen LogP contribution in [0.3, 0.4) is 0 Å². The van der Waals surface area contributed by atoms with Crippen LogP contribution in [0.4, 0.5) is 0 Å². The highest BCUT2D eigenvalue weighted by atomic mass is 16.5. The van der Waals surface area contributed by atoms with Crippen molar-refractivity contribution in [3.05, 3.63) is 29.8 Å². The molecule has 20 heavy (non-hydrogen) atoms. The molecule has 0 bridgehead atoms. The van der Waals surface area contributed by atoms with Gasteiger partial charge in [0.1, 0.15) is 5.75 Å². The lowest BCUT2D eigenvalue weighted by molar-refractivity contribution is 0.114. The third-order valence-corrected chi connectivity index (χ3v) is 4.63. The van der Waals surface area contributed by atoms with E-state index in [9.17, 15) is 5.11 Å². The molecule has 2 N–H and O–H groups in total. The first-order chi connectivity index (χ1) is 9.57. The lowest BCUT2D eigenvalue weighted by Crippen LogP contribution is -2.46.